The highest BCUT2D eigenvalue weighted by molar-refractivity contribution is 5.22. The molecule has 0 spiro atoms. The molecule has 0 heterocycles. The van der Waals surface area contributed by atoms with E-state index in [2.05, 4.69) is 24.4 Å². The van der Waals surface area contributed by atoms with Crippen LogP contribution >= 0.6 is 0 Å². The van der Waals surface area contributed by atoms with Gasteiger partial charge in [-0.2, -0.15) is 0 Å². The SMILES string of the molecule is COCC(N[C@H](C)c1ccc(F)cc1)c1ccccc1. The second-order valence-corrected chi connectivity index (χ2v) is 4.86. The summed E-state index contributed by atoms with van der Waals surface area (Å²) in [4.78, 5) is 0. The standard InChI is InChI=1S/C17H20FNO/c1-13(14-8-10-16(18)11-9-14)19-17(12-20-2)15-6-4-3-5-7-15/h3-11,13,17,19H,12H2,1-2H3/t13-,17?/m1/s1. The summed E-state index contributed by atoms with van der Waals surface area (Å²) in [5, 5.41) is 3.52. The van der Waals surface area contributed by atoms with E-state index in [1.807, 2.05) is 30.3 Å². The first kappa shape index (κ1) is 14.7. The lowest BCUT2D eigenvalue weighted by atomic mass is 10.0. The highest BCUT2D eigenvalue weighted by atomic mass is 19.1. The van der Waals surface area contributed by atoms with Gasteiger partial charge in [0.1, 0.15) is 5.82 Å². The Kier molecular flexibility index (Phi) is 5.27. The molecule has 0 aliphatic heterocycles. The number of benzene rings is 2. The van der Waals surface area contributed by atoms with Crippen molar-refractivity contribution < 1.29 is 9.13 Å². The minimum atomic E-state index is -0.211. The third-order valence-electron chi connectivity index (χ3n) is 3.36. The number of nitrogens with one attached hydrogen (secondary N) is 1. The van der Waals surface area contributed by atoms with Gasteiger partial charge in [0.2, 0.25) is 0 Å². The maximum absolute atomic E-state index is 13.0. The number of hydrogen-bond acceptors (Lipinski definition) is 2. The van der Waals surface area contributed by atoms with Crippen molar-refractivity contribution in [3.8, 4) is 0 Å². The molecule has 2 rings (SSSR count). The van der Waals surface area contributed by atoms with Crippen LogP contribution in [0.5, 0.6) is 0 Å². The van der Waals surface area contributed by atoms with E-state index < -0.39 is 0 Å². The molecule has 2 atom stereocenters. The maximum atomic E-state index is 13.0. The molecule has 0 saturated carbocycles. The summed E-state index contributed by atoms with van der Waals surface area (Å²) < 4.78 is 18.2. The molecule has 0 radical (unpaired) electrons. The average Bonchev–Trinajstić information content (AvgIpc) is 2.48. The molecule has 3 heteroatoms. The molecule has 106 valence electrons. The zero-order valence-electron chi connectivity index (χ0n) is 11.8. The van der Waals surface area contributed by atoms with Crippen molar-refractivity contribution in [2.24, 2.45) is 0 Å². The van der Waals surface area contributed by atoms with E-state index in [1.165, 1.54) is 17.7 Å². The van der Waals surface area contributed by atoms with Gasteiger partial charge in [0.25, 0.3) is 0 Å². The molecule has 2 aromatic carbocycles. The first-order chi connectivity index (χ1) is 9.70. The van der Waals surface area contributed by atoms with E-state index in [1.54, 1.807) is 7.11 Å². The van der Waals surface area contributed by atoms with Gasteiger partial charge < -0.3 is 10.1 Å². The highest BCUT2D eigenvalue weighted by Crippen LogP contribution is 2.20. The molecule has 0 bridgehead atoms. The summed E-state index contributed by atoms with van der Waals surface area (Å²) in [6, 6.07) is 17.0. The quantitative estimate of drug-likeness (QED) is 0.862. The monoisotopic (exact) mass is 273 g/mol. The zero-order chi connectivity index (χ0) is 14.4. The number of methoxy groups -OCH3 is 1. The van der Waals surface area contributed by atoms with Crippen LogP contribution in [-0.2, 0) is 4.74 Å². The van der Waals surface area contributed by atoms with Crippen molar-refractivity contribution in [1.29, 1.82) is 0 Å². The van der Waals surface area contributed by atoms with Gasteiger partial charge in [-0.3, -0.25) is 0 Å². The molecule has 2 aromatic rings. The third kappa shape index (κ3) is 3.89. The predicted molar refractivity (Wildman–Crippen MR) is 79.0 cm³/mol. The van der Waals surface area contributed by atoms with Gasteiger partial charge in [0.15, 0.2) is 0 Å². The van der Waals surface area contributed by atoms with E-state index in [0.717, 1.165) is 5.56 Å². The Morgan fingerprint density at radius 2 is 1.65 bits per heavy atom. The number of halogens is 1. The zero-order valence-corrected chi connectivity index (χ0v) is 11.8. The van der Waals surface area contributed by atoms with E-state index in [4.69, 9.17) is 4.74 Å². The summed E-state index contributed by atoms with van der Waals surface area (Å²) >= 11 is 0. The smallest absolute Gasteiger partial charge is 0.123 e. The summed E-state index contributed by atoms with van der Waals surface area (Å²) in [6.45, 7) is 2.66. The van der Waals surface area contributed by atoms with Gasteiger partial charge in [-0.15, -0.1) is 0 Å². The van der Waals surface area contributed by atoms with Crippen LogP contribution in [0.2, 0.25) is 0 Å². The predicted octanol–water partition coefficient (Wildman–Crippen LogP) is 3.86. The molecule has 1 N–H and O–H groups in total. The number of hydrogen-bond donors (Lipinski definition) is 1. The number of ether oxygens (including phenoxy) is 1. The Balaban J connectivity index is 2.10. The Bertz CT molecular complexity index is 512. The molecular weight excluding hydrogens is 253 g/mol. The van der Waals surface area contributed by atoms with Gasteiger partial charge in [-0.1, -0.05) is 42.5 Å². The second-order valence-electron chi connectivity index (χ2n) is 4.86. The van der Waals surface area contributed by atoms with Crippen molar-refractivity contribution in [2.75, 3.05) is 13.7 Å². The first-order valence-electron chi connectivity index (χ1n) is 6.76. The first-order valence-corrected chi connectivity index (χ1v) is 6.76. The topological polar surface area (TPSA) is 21.3 Å². The van der Waals surface area contributed by atoms with E-state index >= 15 is 0 Å². The minimum Gasteiger partial charge on any atom is -0.383 e. The molecule has 0 aliphatic carbocycles. The molecule has 0 fully saturated rings. The summed E-state index contributed by atoms with van der Waals surface area (Å²) in [6.07, 6.45) is 0. The lowest BCUT2D eigenvalue weighted by molar-refractivity contribution is 0.162. The fraction of sp³-hybridized carbons (Fsp3) is 0.294. The lowest BCUT2D eigenvalue weighted by Gasteiger charge is -2.23. The van der Waals surface area contributed by atoms with Crippen molar-refractivity contribution in [1.82, 2.24) is 5.32 Å². The van der Waals surface area contributed by atoms with Crippen molar-refractivity contribution in [3.05, 3.63) is 71.5 Å². The van der Waals surface area contributed by atoms with Crippen LogP contribution in [0.25, 0.3) is 0 Å². The summed E-state index contributed by atoms with van der Waals surface area (Å²) in [5.74, 6) is -0.211. The molecule has 0 aliphatic rings. The van der Waals surface area contributed by atoms with Gasteiger partial charge in [0.05, 0.1) is 12.6 Å². The van der Waals surface area contributed by atoms with Crippen LogP contribution < -0.4 is 5.32 Å². The molecule has 2 nitrogen and oxygen atoms in total. The van der Waals surface area contributed by atoms with Gasteiger partial charge in [-0.05, 0) is 30.2 Å². The minimum absolute atomic E-state index is 0.112. The molecule has 20 heavy (non-hydrogen) atoms. The molecule has 0 amide bonds. The summed E-state index contributed by atoms with van der Waals surface area (Å²) in [7, 11) is 1.69. The Labute approximate surface area is 119 Å². The normalized spacial score (nSPS) is 13.9. The van der Waals surface area contributed by atoms with Crippen LogP contribution in [0, 0.1) is 5.82 Å². The van der Waals surface area contributed by atoms with Crippen molar-refractivity contribution in [3.63, 3.8) is 0 Å². The summed E-state index contributed by atoms with van der Waals surface area (Å²) in [5.41, 5.74) is 2.24. The van der Waals surface area contributed by atoms with Crippen molar-refractivity contribution >= 4 is 0 Å². The van der Waals surface area contributed by atoms with Gasteiger partial charge >= 0.3 is 0 Å². The molecule has 0 aromatic heterocycles. The number of rotatable bonds is 6. The third-order valence-corrected chi connectivity index (χ3v) is 3.36. The average molecular weight is 273 g/mol. The maximum Gasteiger partial charge on any atom is 0.123 e. The van der Waals surface area contributed by atoms with E-state index in [-0.39, 0.29) is 17.9 Å². The van der Waals surface area contributed by atoms with E-state index in [0.29, 0.717) is 6.61 Å². The fourth-order valence-corrected chi connectivity index (χ4v) is 2.24. The van der Waals surface area contributed by atoms with Gasteiger partial charge in [-0.25, -0.2) is 4.39 Å². The second kappa shape index (κ2) is 7.17. The van der Waals surface area contributed by atoms with Crippen molar-refractivity contribution in [2.45, 2.75) is 19.0 Å². The Morgan fingerprint density at radius 3 is 2.25 bits per heavy atom. The van der Waals surface area contributed by atoms with Crippen LogP contribution in [0.15, 0.2) is 54.6 Å². The molecule has 0 saturated heterocycles. The Morgan fingerprint density at radius 1 is 1.00 bits per heavy atom. The molecular formula is C17H20FNO. The Hall–Kier alpha value is -1.71. The largest absolute Gasteiger partial charge is 0.383 e. The van der Waals surface area contributed by atoms with Gasteiger partial charge in [0, 0.05) is 13.2 Å². The van der Waals surface area contributed by atoms with E-state index in [9.17, 15) is 4.39 Å². The molecule has 1 unspecified atom stereocenters. The van der Waals surface area contributed by atoms with Crippen LogP contribution in [0.3, 0.4) is 0 Å². The lowest BCUT2D eigenvalue weighted by Crippen LogP contribution is -2.28. The van der Waals surface area contributed by atoms with Crippen LogP contribution in [0.1, 0.15) is 30.1 Å². The van der Waals surface area contributed by atoms with Crippen LogP contribution in [-0.4, -0.2) is 13.7 Å². The highest BCUT2D eigenvalue weighted by Gasteiger charge is 2.15. The van der Waals surface area contributed by atoms with Crippen LogP contribution in [0.4, 0.5) is 4.39 Å². The fourth-order valence-electron chi connectivity index (χ4n) is 2.24.